The lowest BCUT2D eigenvalue weighted by Gasteiger charge is -2.01. The maximum absolute atomic E-state index is 10.8. The van der Waals surface area contributed by atoms with E-state index in [4.69, 9.17) is 5.26 Å². The van der Waals surface area contributed by atoms with Crippen molar-refractivity contribution in [3.05, 3.63) is 12.2 Å². The third kappa shape index (κ3) is 5.74. The average Bonchev–Trinajstić information content (AvgIpc) is 1.97. The highest BCUT2D eigenvalue weighted by Crippen LogP contribution is 1.83. The van der Waals surface area contributed by atoms with E-state index in [9.17, 15) is 4.79 Å². The Hall–Kier alpha value is -0.693. The van der Waals surface area contributed by atoms with E-state index < -0.39 is 9.76 Å². The number of rotatable bonds is 5. The first kappa shape index (κ1) is 10.3. The van der Waals surface area contributed by atoms with E-state index in [0.29, 0.717) is 11.7 Å². The highest BCUT2D eigenvalue weighted by Gasteiger charge is 1.99. The van der Waals surface area contributed by atoms with Crippen molar-refractivity contribution >= 4 is 15.7 Å². The molecule has 0 aliphatic carbocycles. The summed E-state index contributed by atoms with van der Waals surface area (Å²) >= 11 is 0. The molecule has 0 aromatic rings. The lowest BCUT2D eigenvalue weighted by atomic mass is 10.3. The lowest BCUT2D eigenvalue weighted by Crippen LogP contribution is -2.29. The number of hydrogen-bond acceptors (Lipinski definition) is 4. The molecule has 0 atom stereocenters. The second kappa shape index (κ2) is 6.05. The van der Waals surface area contributed by atoms with Crippen molar-refractivity contribution < 1.29 is 19.7 Å². The van der Waals surface area contributed by atoms with Gasteiger partial charge < -0.3 is 5.32 Å². The lowest BCUT2D eigenvalue weighted by molar-refractivity contribution is -0.442. The maximum atomic E-state index is 10.8. The van der Waals surface area contributed by atoms with Gasteiger partial charge in [0.05, 0.1) is 0 Å². The van der Waals surface area contributed by atoms with E-state index >= 15 is 0 Å². The van der Waals surface area contributed by atoms with Crippen LogP contribution in [-0.4, -0.2) is 27.1 Å². The third-order valence-corrected chi connectivity index (χ3v) is 1.64. The Morgan fingerprint density at radius 2 is 2.45 bits per heavy atom. The van der Waals surface area contributed by atoms with Crippen molar-refractivity contribution in [1.29, 1.82) is 0 Å². The van der Waals surface area contributed by atoms with Crippen LogP contribution >= 0.6 is 0 Å². The first-order chi connectivity index (χ1) is 5.18. The molecule has 0 saturated carbocycles. The molecule has 64 valence electrons. The van der Waals surface area contributed by atoms with Crippen LogP contribution in [0.3, 0.4) is 0 Å². The van der Waals surface area contributed by atoms with Gasteiger partial charge in [0.2, 0.25) is 15.7 Å². The van der Waals surface area contributed by atoms with Gasteiger partial charge in [-0.2, -0.15) is 0 Å². The molecule has 0 fully saturated rings. The van der Waals surface area contributed by atoms with Gasteiger partial charge in [0.1, 0.15) is 0 Å². The number of carbonyl (C=O) groups excluding carboxylic acids is 1. The molecular weight excluding hydrogens is 166 g/mol. The zero-order valence-corrected chi connectivity index (χ0v) is 7.71. The predicted octanol–water partition coefficient (Wildman–Crippen LogP) is -0.859. The Labute approximate surface area is 66.8 Å². The molecule has 0 radical (unpaired) electrons. The Bertz CT molecular complexity index is 149. The van der Waals surface area contributed by atoms with Crippen LogP contribution < -0.4 is 5.32 Å². The van der Waals surface area contributed by atoms with Crippen molar-refractivity contribution in [2.24, 2.45) is 0 Å². The van der Waals surface area contributed by atoms with Gasteiger partial charge in [-0.15, -0.1) is 0 Å². The minimum absolute atomic E-state index is 0.209. The molecule has 0 rings (SSSR count). The molecule has 0 unspecified atom stereocenters. The van der Waals surface area contributed by atoms with E-state index in [1.165, 1.54) is 0 Å². The largest absolute Gasteiger partial charge is 0.353 e. The smallest absolute Gasteiger partial charge is 0.246 e. The molecule has 0 aliphatic heterocycles. The second-order valence-electron chi connectivity index (χ2n) is 1.93. The zero-order chi connectivity index (χ0) is 8.69. The van der Waals surface area contributed by atoms with Crippen LogP contribution in [0.5, 0.6) is 0 Å². The minimum Gasteiger partial charge on any atom is -0.353 e. The summed E-state index contributed by atoms with van der Waals surface area (Å²) in [6.45, 7) is 5.05. The van der Waals surface area contributed by atoms with Crippen LogP contribution in [0.15, 0.2) is 12.2 Å². The van der Waals surface area contributed by atoms with Gasteiger partial charge in [-0.25, -0.2) is 5.26 Å². The molecule has 6 heteroatoms. The van der Waals surface area contributed by atoms with Gasteiger partial charge in [-0.05, 0) is 6.92 Å². The highest BCUT2D eigenvalue weighted by molar-refractivity contribution is 6.27. The van der Waals surface area contributed by atoms with Crippen LogP contribution in [-0.2, 0) is 14.4 Å². The van der Waals surface area contributed by atoms with Crippen LogP contribution in [0.4, 0.5) is 0 Å². The van der Waals surface area contributed by atoms with Crippen molar-refractivity contribution in [2.45, 2.75) is 6.92 Å². The molecule has 5 nitrogen and oxygen atoms in total. The number of hydrogen-bond donors (Lipinski definition) is 2. The summed E-state index contributed by atoms with van der Waals surface area (Å²) in [5, 5.41) is 13.6. The molecule has 0 saturated heterocycles. The predicted molar refractivity (Wildman–Crippen MR) is 41.2 cm³/mol. The van der Waals surface area contributed by atoms with E-state index in [1.807, 2.05) is 0 Å². The van der Waals surface area contributed by atoms with Crippen molar-refractivity contribution in [3.8, 4) is 0 Å². The quantitative estimate of drug-likeness (QED) is 0.188. The first-order valence-corrected chi connectivity index (χ1v) is 4.63. The van der Waals surface area contributed by atoms with E-state index in [0.717, 1.165) is 0 Å². The summed E-state index contributed by atoms with van der Waals surface area (Å²) < 4.78 is 4.21. The molecule has 0 heterocycles. The molecule has 0 bridgehead atoms. The maximum Gasteiger partial charge on any atom is 0.246 e. The third-order valence-electron chi connectivity index (χ3n) is 0.911. The topological polar surface area (TPSA) is 67.8 Å². The van der Waals surface area contributed by atoms with Gasteiger partial charge in [-0.3, -0.25) is 9.37 Å². The van der Waals surface area contributed by atoms with Gasteiger partial charge in [0.15, 0.2) is 0 Å². The summed E-state index contributed by atoms with van der Waals surface area (Å²) in [5.41, 5.74) is 0.448. The molecule has 0 aromatic heterocycles. The van der Waals surface area contributed by atoms with Crippen LogP contribution in [0, 0.1) is 0 Å². The SMILES string of the molecule is C=C(C)C(=O)NC[SiH2]OOO. The fraction of sp³-hybridized carbons (Fsp3) is 0.400. The van der Waals surface area contributed by atoms with E-state index in [1.54, 1.807) is 6.92 Å². The number of amides is 1. The Morgan fingerprint density at radius 1 is 1.82 bits per heavy atom. The van der Waals surface area contributed by atoms with Crippen LogP contribution in [0.25, 0.3) is 0 Å². The van der Waals surface area contributed by atoms with Crippen LogP contribution in [0.2, 0.25) is 0 Å². The Morgan fingerprint density at radius 3 is 2.91 bits per heavy atom. The van der Waals surface area contributed by atoms with Crippen molar-refractivity contribution in [3.63, 3.8) is 0 Å². The fourth-order valence-electron chi connectivity index (χ4n) is 0.394. The minimum atomic E-state index is -1.01. The van der Waals surface area contributed by atoms with Crippen molar-refractivity contribution in [2.75, 3.05) is 6.17 Å². The van der Waals surface area contributed by atoms with Gasteiger partial charge in [-0.1, -0.05) is 11.6 Å². The average molecular weight is 177 g/mol. The van der Waals surface area contributed by atoms with E-state index in [-0.39, 0.29) is 5.91 Å². The fourth-order valence-corrected chi connectivity index (χ4v) is 0.881. The van der Waals surface area contributed by atoms with Gasteiger partial charge >= 0.3 is 0 Å². The Balaban J connectivity index is 3.25. The highest BCUT2D eigenvalue weighted by atomic mass is 28.2. The first-order valence-electron chi connectivity index (χ1n) is 3.05. The molecule has 11 heavy (non-hydrogen) atoms. The van der Waals surface area contributed by atoms with Crippen LogP contribution in [0.1, 0.15) is 6.92 Å². The summed E-state index contributed by atoms with van der Waals surface area (Å²) in [6.07, 6.45) is 0.409. The normalized spacial score (nSPS) is 10.4. The van der Waals surface area contributed by atoms with Crippen molar-refractivity contribution in [1.82, 2.24) is 5.32 Å². The van der Waals surface area contributed by atoms with Gasteiger partial charge in [0, 0.05) is 11.7 Å². The molecule has 0 spiro atoms. The molecule has 1 amide bonds. The summed E-state index contributed by atoms with van der Waals surface area (Å²) in [6, 6.07) is 0. The van der Waals surface area contributed by atoms with Gasteiger partial charge in [0.25, 0.3) is 0 Å². The zero-order valence-electron chi connectivity index (χ0n) is 6.29. The number of carbonyl (C=O) groups is 1. The number of nitrogens with one attached hydrogen (secondary N) is 1. The standard InChI is InChI=1S/C5H11NO4Si/c1-4(2)5(7)6-3-11-10-9-8/h8H,1,3,11H2,2H3,(H,6,7). The summed E-state index contributed by atoms with van der Waals surface area (Å²) in [7, 11) is -1.01. The molecule has 0 aromatic carbocycles. The monoisotopic (exact) mass is 177 g/mol. The second-order valence-corrected chi connectivity index (χ2v) is 3.08. The molecule has 0 aliphatic rings. The summed E-state index contributed by atoms with van der Waals surface area (Å²) in [4.78, 5) is 10.8. The summed E-state index contributed by atoms with van der Waals surface area (Å²) in [5.74, 6) is -0.209. The van der Waals surface area contributed by atoms with E-state index in [2.05, 4.69) is 21.5 Å². The Kier molecular flexibility index (Phi) is 5.66. The molecule has 2 N–H and O–H groups in total. The molecular formula is C5H11NO4Si.